The molecule has 0 aliphatic carbocycles. The van der Waals surface area contributed by atoms with Crippen molar-refractivity contribution in [1.29, 1.82) is 0 Å². The highest BCUT2D eigenvalue weighted by molar-refractivity contribution is 5.78. The number of ether oxygens (including phenoxy) is 2. The number of nitrogens with one attached hydrogen (secondary N) is 1. The molecular weight excluding hydrogens is 358 g/mol. The van der Waals surface area contributed by atoms with Gasteiger partial charge in [0.2, 0.25) is 0 Å². The summed E-state index contributed by atoms with van der Waals surface area (Å²) < 4.78 is 18.1. The first-order chi connectivity index (χ1) is 13.6. The third-order valence-electron chi connectivity index (χ3n) is 4.44. The van der Waals surface area contributed by atoms with Gasteiger partial charge in [-0.3, -0.25) is 9.89 Å². The molecule has 0 bridgehead atoms. The van der Waals surface area contributed by atoms with Gasteiger partial charge in [0, 0.05) is 22.9 Å². The summed E-state index contributed by atoms with van der Waals surface area (Å²) in [6.07, 6.45) is 0. The van der Waals surface area contributed by atoms with Crippen LogP contribution in [0.2, 0.25) is 0 Å². The Morgan fingerprint density at radius 2 is 1.50 bits per heavy atom. The molecule has 2 aromatic carbocycles. The van der Waals surface area contributed by atoms with Gasteiger partial charge in [-0.15, -0.1) is 0 Å². The Bertz CT molecular complexity index is 1090. The molecule has 7 heteroatoms. The first-order valence-electron chi connectivity index (χ1n) is 8.68. The minimum atomic E-state index is -0.215. The van der Waals surface area contributed by atoms with E-state index in [9.17, 15) is 4.79 Å². The van der Waals surface area contributed by atoms with Crippen LogP contribution < -0.4 is 15.0 Å². The Morgan fingerprint density at radius 1 is 0.929 bits per heavy atom. The Morgan fingerprint density at radius 3 is 2.00 bits per heavy atom. The first kappa shape index (κ1) is 17.7. The van der Waals surface area contributed by atoms with Crippen molar-refractivity contribution in [1.82, 2.24) is 14.8 Å². The summed E-state index contributed by atoms with van der Waals surface area (Å²) in [5.41, 5.74) is 2.87. The quantitative estimate of drug-likeness (QED) is 0.572. The number of benzene rings is 2. The molecule has 2 heterocycles. The number of rotatable bonds is 5. The van der Waals surface area contributed by atoms with Gasteiger partial charge in [0.25, 0.3) is 5.56 Å². The fraction of sp³-hybridized carbons (Fsp3) is 0.143. The highest BCUT2D eigenvalue weighted by atomic mass is 16.5. The van der Waals surface area contributed by atoms with Gasteiger partial charge in [-0.1, -0.05) is 0 Å². The van der Waals surface area contributed by atoms with Crippen LogP contribution >= 0.6 is 0 Å². The molecule has 142 valence electrons. The van der Waals surface area contributed by atoms with Gasteiger partial charge in [0.15, 0.2) is 5.76 Å². The maximum absolute atomic E-state index is 11.7. The molecular formula is C21H19N3O4. The molecule has 0 radical (unpaired) electrons. The number of aromatic nitrogens is 3. The van der Waals surface area contributed by atoms with E-state index in [1.165, 1.54) is 10.7 Å². The zero-order chi connectivity index (χ0) is 19.7. The molecule has 0 amide bonds. The van der Waals surface area contributed by atoms with E-state index in [0.717, 1.165) is 22.6 Å². The van der Waals surface area contributed by atoms with Gasteiger partial charge >= 0.3 is 6.01 Å². The topological polar surface area (TPSA) is 82.3 Å². The Kier molecular flexibility index (Phi) is 4.49. The van der Waals surface area contributed by atoms with Crippen LogP contribution in [0.15, 0.2) is 63.8 Å². The summed E-state index contributed by atoms with van der Waals surface area (Å²) in [6.45, 7) is 1.81. The normalized spacial score (nSPS) is 10.8. The average Bonchev–Trinajstić information content (AvgIpc) is 3.31. The molecule has 0 aliphatic heterocycles. The fourth-order valence-electron chi connectivity index (χ4n) is 2.97. The van der Waals surface area contributed by atoms with Crippen molar-refractivity contribution < 1.29 is 13.9 Å². The summed E-state index contributed by atoms with van der Waals surface area (Å²) in [5, 5.41) is 2.71. The minimum absolute atomic E-state index is 0.215. The molecule has 0 saturated heterocycles. The van der Waals surface area contributed by atoms with Crippen LogP contribution in [0.25, 0.3) is 28.6 Å². The highest BCUT2D eigenvalue weighted by Gasteiger charge is 2.19. The van der Waals surface area contributed by atoms with Gasteiger partial charge < -0.3 is 13.9 Å². The van der Waals surface area contributed by atoms with Gasteiger partial charge in [-0.25, -0.2) is 4.68 Å². The number of aromatic amines is 1. The molecule has 0 atom stereocenters. The van der Waals surface area contributed by atoms with Crippen LogP contribution in [-0.2, 0) is 0 Å². The molecule has 28 heavy (non-hydrogen) atoms. The van der Waals surface area contributed by atoms with E-state index in [2.05, 4.69) is 10.1 Å². The SMILES string of the molecule is COc1ccc(-c2nc(-n3[nH]c(=O)cc3C)oc2-c2ccc(OC)cc2)cc1. The van der Waals surface area contributed by atoms with E-state index in [1.807, 2.05) is 55.5 Å². The van der Waals surface area contributed by atoms with Crippen LogP contribution in [0.4, 0.5) is 0 Å². The molecule has 0 spiro atoms. The molecule has 7 nitrogen and oxygen atoms in total. The van der Waals surface area contributed by atoms with Crippen LogP contribution in [0.3, 0.4) is 0 Å². The lowest BCUT2D eigenvalue weighted by molar-refractivity contribution is 0.414. The first-order valence-corrected chi connectivity index (χ1v) is 8.68. The third-order valence-corrected chi connectivity index (χ3v) is 4.44. The molecule has 1 N–H and O–H groups in total. The summed E-state index contributed by atoms with van der Waals surface area (Å²) in [5.74, 6) is 2.10. The minimum Gasteiger partial charge on any atom is -0.497 e. The van der Waals surface area contributed by atoms with Crippen molar-refractivity contribution in [3.05, 3.63) is 70.6 Å². The molecule has 0 saturated carbocycles. The summed E-state index contributed by atoms with van der Waals surface area (Å²) in [7, 11) is 3.24. The van der Waals surface area contributed by atoms with Crippen LogP contribution in [0.5, 0.6) is 11.5 Å². The lowest BCUT2D eigenvalue weighted by atomic mass is 10.1. The van der Waals surface area contributed by atoms with E-state index in [4.69, 9.17) is 13.9 Å². The fourth-order valence-corrected chi connectivity index (χ4v) is 2.97. The van der Waals surface area contributed by atoms with Crippen molar-refractivity contribution in [2.24, 2.45) is 0 Å². The molecule has 4 aromatic rings. The third kappa shape index (κ3) is 3.18. The van der Waals surface area contributed by atoms with E-state index in [-0.39, 0.29) is 11.6 Å². The van der Waals surface area contributed by atoms with Crippen molar-refractivity contribution >= 4 is 0 Å². The second-order valence-electron chi connectivity index (χ2n) is 6.23. The maximum atomic E-state index is 11.7. The zero-order valence-electron chi connectivity index (χ0n) is 15.7. The van der Waals surface area contributed by atoms with Gasteiger partial charge in [0.1, 0.15) is 17.2 Å². The monoisotopic (exact) mass is 377 g/mol. The number of hydrogen-bond donors (Lipinski definition) is 1. The second kappa shape index (κ2) is 7.11. The smallest absolute Gasteiger partial charge is 0.322 e. The standard InChI is InChI=1S/C21H19N3O4/c1-13-12-18(25)23-24(13)21-22-19(14-4-8-16(26-2)9-5-14)20(28-21)15-6-10-17(27-3)11-7-15/h4-12H,1-3H3,(H,23,25). The van der Waals surface area contributed by atoms with Crippen molar-refractivity contribution in [2.45, 2.75) is 6.92 Å². The predicted octanol–water partition coefficient (Wildman–Crippen LogP) is 3.81. The van der Waals surface area contributed by atoms with Gasteiger partial charge in [-0.2, -0.15) is 4.98 Å². The lowest BCUT2D eigenvalue weighted by Crippen LogP contribution is -2.04. The van der Waals surface area contributed by atoms with Crippen molar-refractivity contribution in [3.8, 4) is 40.1 Å². The second-order valence-corrected chi connectivity index (χ2v) is 6.23. The van der Waals surface area contributed by atoms with E-state index in [0.29, 0.717) is 17.1 Å². The van der Waals surface area contributed by atoms with Gasteiger partial charge in [-0.05, 0) is 55.5 Å². The number of aryl methyl sites for hydroxylation is 1. The van der Waals surface area contributed by atoms with Gasteiger partial charge in [0.05, 0.1) is 14.2 Å². The number of H-pyrrole nitrogens is 1. The highest BCUT2D eigenvalue weighted by Crippen LogP contribution is 2.35. The number of oxazole rings is 1. The zero-order valence-corrected chi connectivity index (χ0v) is 15.7. The van der Waals surface area contributed by atoms with Crippen LogP contribution in [0, 0.1) is 6.92 Å². The molecule has 0 unspecified atom stereocenters. The Labute approximate surface area is 161 Å². The molecule has 0 aliphatic rings. The molecule has 0 fully saturated rings. The summed E-state index contributed by atoms with van der Waals surface area (Å²) >= 11 is 0. The van der Waals surface area contributed by atoms with E-state index < -0.39 is 0 Å². The summed E-state index contributed by atoms with van der Waals surface area (Å²) in [4.78, 5) is 16.3. The van der Waals surface area contributed by atoms with Crippen LogP contribution in [0.1, 0.15) is 5.69 Å². The van der Waals surface area contributed by atoms with E-state index in [1.54, 1.807) is 14.2 Å². The van der Waals surface area contributed by atoms with Crippen LogP contribution in [-0.4, -0.2) is 29.0 Å². The lowest BCUT2D eigenvalue weighted by Gasteiger charge is -2.04. The number of methoxy groups -OCH3 is 2. The Hall–Kier alpha value is -3.74. The van der Waals surface area contributed by atoms with Crippen molar-refractivity contribution in [3.63, 3.8) is 0 Å². The average molecular weight is 377 g/mol. The number of nitrogens with zero attached hydrogens (tertiary/aromatic N) is 2. The maximum Gasteiger partial charge on any atom is 0.322 e. The predicted molar refractivity (Wildman–Crippen MR) is 105 cm³/mol. The van der Waals surface area contributed by atoms with Crippen molar-refractivity contribution in [2.75, 3.05) is 14.2 Å². The Balaban J connectivity index is 1.88. The molecule has 4 rings (SSSR count). The number of hydrogen-bond acceptors (Lipinski definition) is 5. The molecule has 2 aromatic heterocycles. The largest absolute Gasteiger partial charge is 0.497 e. The summed E-state index contributed by atoms with van der Waals surface area (Å²) in [6, 6.07) is 16.9. The van der Waals surface area contributed by atoms with E-state index >= 15 is 0 Å².